The van der Waals surface area contributed by atoms with E-state index in [4.69, 9.17) is 9.73 Å². The summed E-state index contributed by atoms with van der Waals surface area (Å²) in [6, 6.07) is 16.0. The van der Waals surface area contributed by atoms with Crippen molar-refractivity contribution < 1.29 is 14.5 Å². The number of non-ortho nitro benzene ring substituents is 1. The van der Waals surface area contributed by atoms with Gasteiger partial charge in [0.25, 0.3) is 11.6 Å². The zero-order chi connectivity index (χ0) is 25.1. The topological polar surface area (TPSA) is 90.0 Å². The highest BCUT2D eigenvalue weighted by Gasteiger charge is 2.32. The third-order valence-corrected chi connectivity index (χ3v) is 6.64. The van der Waals surface area contributed by atoms with Crippen molar-refractivity contribution in [1.29, 1.82) is 0 Å². The molecule has 180 valence electrons. The minimum atomic E-state index is -0.404. The fourth-order valence-corrected chi connectivity index (χ4v) is 5.04. The molecule has 0 radical (unpaired) electrons. The van der Waals surface area contributed by atoms with Crippen LogP contribution in [0.2, 0.25) is 0 Å². The van der Waals surface area contributed by atoms with Crippen LogP contribution in [0.5, 0.6) is 5.75 Å². The van der Waals surface area contributed by atoms with E-state index in [1.807, 2.05) is 74.7 Å². The molecule has 9 heteroatoms. The lowest BCUT2D eigenvalue weighted by molar-refractivity contribution is -0.384. The molecule has 35 heavy (non-hydrogen) atoms. The van der Waals surface area contributed by atoms with Gasteiger partial charge in [0.05, 0.1) is 27.8 Å². The molecule has 1 aliphatic rings. The molecule has 3 aromatic rings. The number of nitro benzene ring substituents is 1. The Bertz CT molecular complexity index is 1340. The second kappa shape index (κ2) is 10.2. The molecular weight excluding hydrogens is 464 g/mol. The minimum absolute atomic E-state index is 0.0326. The summed E-state index contributed by atoms with van der Waals surface area (Å²) in [5, 5.41) is 11.8. The van der Waals surface area contributed by atoms with Crippen molar-refractivity contribution in [2.24, 2.45) is 4.99 Å². The first-order valence-electron chi connectivity index (χ1n) is 11.3. The Hall–Kier alpha value is -3.85. The first-order valence-corrected chi connectivity index (χ1v) is 12.1. The number of benzene rings is 2. The molecule has 0 bridgehead atoms. The molecule has 1 saturated heterocycles. The summed E-state index contributed by atoms with van der Waals surface area (Å²) in [7, 11) is 0. The van der Waals surface area contributed by atoms with Gasteiger partial charge in [0.2, 0.25) is 0 Å². The molecule has 1 aliphatic heterocycles. The third kappa shape index (κ3) is 5.00. The largest absolute Gasteiger partial charge is 0.494 e. The number of amides is 1. The van der Waals surface area contributed by atoms with Crippen LogP contribution in [-0.2, 0) is 4.79 Å². The lowest BCUT2D eigenvalue weighted by Gasteiger charge is -2.12. The number of aliphatic imine (C=N–C) groups is 1. The van der Waals surface area contributed by atoms with Crippen molar-refractivity contribution in [3.8, 4) is 11.4 Å². The van der Waals surface area contributed by atoms with Crippen LogP contribution in [0.3, 0.4) is 0 Å². The number of hydrogen-bond donors (Lipinski definition) is 0. The van der Waals surface area contributed by atoms with Crippen molar-refractivity contribution in [3.05, 3.63) is 86.6 Å². The molecule has 8 nitrogen and oxygen atoms in total. The van der Waals surface area contributed by atoms with E-state index in [0.29, 0.717) is 28.9 Å². The van der Waals surface area contributed by atoms with E-state index in [0.717, 1.165) is 28.4 Å². The fourth-order valence-electron chi connectivity index (χ4n) is 3.98. The minimum Gasteiger partial charge on any atom is -0.494 e. The van der Waals surface area contributed by atoms with Crippen molar-refractivity contribution in [3.63, 3.8) is 0 Å². The number of likely N-dealkylation sites (N-methyl/N-ethyl adjacent to an activating group) is 1. The lowest BCUT2D eigenvalue weighted by Crippen LogP contribution is -2.28. The van der Waals surface area contributed by atoms with Crippen LogP contribution in [0.15, 0.2) is 64.5 Å². The summed E-state index contributed by atoms with van der Waals surface area (Å²) in [4.78, 5) is 30.9. The highest BCUT2D eigenvalue weighted by molar-refractivity contribution is 8.18. The molecule has 0 unspecified atom stereocenters. The molecule has 1 aromatic heterocycles. The molecule has 1 fully saturated rings. The maximum atomic E-state index is 13.1. The smallest absolute Gasteiger partial charge is 0.271 e. The molecule has 0 N–H and O–H groups in total. The highest BCUT2D eigenvalue weighted by atomic mass is 32.2. The van der Waals surface area contributed by atoms with E-state index >= 15 is 0 Å². The number of nitro groups is 1. The highest BCUT2D eigenvalue weighted by Crippen LogP contribution is 2.35. The average Bonchev–Trinajstić information content (AvgIpc) is 3.29. The number of thioether (sulfide) groups is 1. The molecule has 1 amide bonds. The van der Waals surface area contributed by atoms with Crippen LogP contribution >= 0.6 is 11.8 Å². The van der Waals surface area contributed by atoms with Gasteiger partial charge in [0, 0.05) is 30.1 Å². The number of ether oxygens (including phenoxy) is 1. The number of hydrogen-bond acceptors (Lipinski definition) is 6. The lowest BCUT2D eigenvalue weighted by atomic mass is 10.2. The number of nitrogens with zero attached hydrogens (tertiary/aromatic N) is 4. The van der Waals surface area contributed by atoms with Gasteiger partial charge < -0.3 is 9.30 Å². The standard InChI is InChI=1S/C26H26N4O4S/c1-5-28-25(31)24(35-26(28)27-20-10-12-23(13-11-20)34-6-2)15-19-14-17(3)29(18(19)4)21-8-7-9-22(16-21)30(32)33/h7-16H,5-6H2,1-4H3. The van der Waals surface area contributed by atoms with Gasteiger partial charge in [-0.15, -0.1) is 0 Å². The fraction of sp³-hybridized carbons (Fsp3) is 0.231. The Morgan fingerprint density at radius 3 is 2.51 bits per heavy atom. The van der Waals surface area contributed by atoms with Crippen molar-refractivity contribution in [2.75, 3.05) is 13.2 Å². The van der Waals surface area contributed by atoms with Crippen LogP contribution in [0.1, 0.15) is 30.8 Å². The van der Waals surface area contributed by atoms with Crippen LogP contribution in [0.25, 0.3) is 11.8 Å². The summed E-state index contributed by atoms with van der Waals surface area (Å²) in [5.74, 6) is 0.681. The predicted octanol–water partition coefficient (Wildman–Crippen LogP) is 6.02. The third-order valence-electron chi connectivity index (χ3n) is 5.63. The van der Waals surface area contributed by atoms with Crippen molar-refractivity contribution >= 4 is 40.3 Å². The molecule has 2 aromatic carbocycles. The maximum absolute atomic E-state index is 13.1. The van der Waals surface area contributed by atoms with Crippen molar-refractivity contribution in [1.82, 2.24) is 9.47 Å². The monoisotopic (exact) mass is 490 g/mol. The molecule has 4 rings (SSSR count). The van der Waals surface area contributed by atoms with Gasteiger partial charge in [-0.05, 0) is 87.5 Å². The van der Waals surface area contributed by atoms with Gasteiger partial charge in [0.15, 0.2) is 5.17 Å². The first kappa shape index (κ1) is 24.3. The van der Waals surface area contributed by atoms with Crippen LogP contribution in [0.4, 0.5) is 11.4 Å². The zero-order valence-corrected chi connectivity index (χ0v) is 20.8. The van der Waals surface area contributed by atoms with Gasteiger partial charge >= 0.3 is 0 Å². The molecule has 0 saturated carbocycles. The molecular formula is C26H26N4O4S. The van der Waals surface area contributed by atoms with Crippen LogP contribution in [-0.4, -0.2) is 38.6 Å². The number of carbonyl (C=O) groups excluding carboxylic acids is 1. The van der Waals surface area contributed by atoms with E-state index < -0.39 is 4.92 Å². The van der Waals surface area contributed by atoms with E-state index in [1.165, 1.54) is 17.8 Å². The van der Waals surface area contributed by atoms with E-state index in [9.17, 15) is 14.9 Å². The van der Waals surface area contributed by atoms with Crippen molar-refractivity contribution in [2.45, 2.75) is 27.7 Å². The summed E-state index contributed by atoms with van der Waals surface area (Å²) in [6.07, 6.45) is 1.87. The quantitative estimate of drug-likeness (QED) is 0.229. The number of aryl methyl sites for hydroxylation is 1. The second-order valence-electron chi connectivity index (χ2n) is 7.92. The number of rotatable bonds is 7. The van der Waals surface area contributed by atoms with Gasteiger partial charge in [0.1, 0.15) is 5.75 Å². The van der Waals surface area contributed by atoms with Crippen LogP contribution < -0.4 is 4.74 Å². The van der Waals surface area contributed by atoms with Crippen LogP contribution in [0, 0.1) is 24.0 Å². The SMILES string of the molecule is CCOc1ccc(N=C2SC(=Cc3cc(C)n(-c4cccc([N+](=O)[O-])c4)c3C)C(=O)N2CC)cc1. The number of aromatic nitrogens is 1. The Labute approximate surface area is 208 Å². The summed E-state index contributed by atoms with van der Waals surface area (Å²) in [5.41, 5.74) is 4.17. The number of carbonyl (C=O) groups is 1. The van der Waals surface area contributed by atoms with E-state index in [2.05, 4.69) is 0 Å². The molecule has 0 atom stereocenters. The first-order chi connectivity index (χ1) is 16.8. The predicted molar refractivity (Wildman–Crippen MR) is 140 cm³/mol. The van der Waals surface area contributed by atoms with E-state index in [1.54, 1.807) is 17.0 Å². The Morgan fingerprint density at radius 2 is 1.86 bits per heavy atom. The van der Waals surface area contributed by atoms with Gasteiger partial charge in [-0.25, -0.2) is 4.99 Å². The summed E-state index contributed by atoms with van der Waals surface area (Å²) < 4.78 is 7.44. The van der Waals surface area contributed by atoms with Gasteiger partial charge in [-0.3, -0.25) is 19.8 Å². The Balaban J connectivity index is 1.66. The van der Waals surface area contributed by atoms with Gasteiger partial charge in [-0.1, -0.05) is 6.07 Å². The molecule has 2 heterocycles. The Kier molecular flexibility index (Phi) is 7.07. The Morgan fingerprint density at radius 1 is 1.11 bits per heavy atom. The second-order valence-corrected chi connectivity index (χ2v) is 8.93. The molecule has 0 spiro atoms. The summed E-state index contributed by atoms with van der Waals surface area (Å²) in [6.45, 7) is 8.83. The van der Waals surface area contributed by atoms with Gasteiger partial charge in [-0.2, -0.15) is 0 Å². The molecule has 0 aliphatic carbocycles. The summed E-state index contributed by atoms with van der Waals surface area (Å²) >= 11 is 1.34. The van der Waals surface area contributed by atoms with E-state index in [-0.39, 0.29) is 11.6 Å². The zero-order valence-electron chi connectivity index (χ0n) is 20.0. The average molecular weight is 491 g/mol. The normalized spacial score (nSPS) is 15.9. The number of amidine groups is 1. The maximum Gasteiger partial charge on any atom is 0.271 e.